The van der Waals surface area contributed by atoms with Crippen molar-refractivity contribution in [2.24, 2.45) is 0 Å². The molecule has 106 valence electrons. The molecule has 0 aliphatic carbocycles. The zero-order valence-corrected chi connectivity index (χ0v) is 13.9. The molecule has 0 saturated heterocycles. The van der Waals surface area contributed by atoms with E-state index in [-0.39, 0.29) is 16.8 Å². The molecule has 0 radical (unpaired) electrons. The number of halogens is 3. The smallest absolute Gasteiger partial charge is 0.138 e. The highest BCUT2D eigenvalue weighted by Gasteiger charge is 2.10. The Morgan fingerprint density at radius 1 is 1.25 bits per heavy atom. The highest BCUT2D eigenvalue weighted by molar-refractivity contribution is 9.10. The molecule has 0 spiro atoms. The van der Waals surface area contributed by atoms with Gasteiger partial charge in [-0.05, 0) is 36.8 Å². The number of hydrogen-bond donors (Lipinski definition) is 2. The zero-order chi connectivity index (χ0) is 14.7. The Morgan fingerprint density at radius 3 is 2.70 bits per heavy atom. The van der Waals surface area contributed by atoms with E-state index in [2.05, 4.69) is 34.2 Å². The average molecular weight is 375 g/mol. The minimum atomic E-state index is 0.0741. The first-order valence-electron chi connectivity index (χ1n) is 6.13. The number of benzene rings is 2. The molecule has 0 saturated carbocycles. The molecule has 0 aromatic heterocycles. The van der Waals surface area contributed by atoms with Gasteiger partial charge in [-0.25, -0.2) is 0 Å². The Balaban J connectivity index is 2.09. The standard InChI is InChI=1S/C15H14BrCl2NO/c1-9(10-3-2-4-12(16)5-10)19-8-11-6-13(17)7-14(18)15(11)20/h2-7,9,19-20H,8H2,1H3/t9-/m0/s1. The number of aromatic hydroxyl groups is 1. The van der Waals surface area contributed by atoms with Crippen LogP contribution in [0.4, 0.5) is 0 Å². The lowest BCUT2D eigenvalue weighted by atomic mass is 10.1. The van der Waals surface area contributed by atoms with Crippen molar-refractivity contribution in [2.45, 2.75) is 19.5 Å². The average Bonchev–Trinajstić information content (AvgIpc) is 2.40. The third-order valence-electron chi connectivity index (χ3n) is 3.05. The van der Waals surface area contributed by atoms with Crippen molar-refractivity contribution in [3.8, 4) is 5.75 Å². The Labute approximate surface area is 136 Å². The Morgan fingerprint density at radius 2 is 2.00 bits per heavy atom. The SMILES string of the molecule is C[C@H](NCc1cc(Cl)cc(Cl)c1O)c1cccc(Br)c1. The van der Waals surface area contributed by atoms with Gasteiger partial charge in [0.05, 0.1) is 5.02 Å². The van der Waals surface area contributed by atoms with Crippen LogP contribution in [0, 0.1) is 0 Å². The largest absolute Gasteiger partial charge is 0.506 e. The molecule has 0 amide bonds. The first kappa shape index (κ1) is 15.6. The first-order chi connectivity index (χ1) is 9.47. The van der Waals surface area contributed by atoms with Crippen LogP contribution < -0.4 is 5.32 Å². The molecule has 0 bridgehead atoms. The predicted octanol–water partition coefficient (Wildman–Crippen LogP) is 5.31. The summed E-state index contributed by atoms with van der Waals surface area (Å²) in [7, 11) is 0. The summed E-state index contributed by atoms with van der Waals surface area (Å²) >= 11 is 15.3. The van der Waals surface area contributed by atoms with Gasteiger partial charge in [0.1, 0.15) is 5.75 Å². The number of hydrogen-bond acceptors (Lipinski definition) is 2. The lowest BCUT2D eigenvalue weighted by molar-refractivity contribution is 0.460. The van der Waals surface area contributed by atoms with Gasteiger partial charge in [0.25, 0.3) is 0 Å². The van der Waals surface area contributed by atoms with E-state index in [1.54, 1.807) is 6.07 Å². The molecule has 2 rings (SSSR count). The van der Waals surface area contributed by atoms with Crippen molar-refractivity contribution >= 4 is 39.1 Å². The van der Waals surface area contributed by atoms with Crippen LogP contribution >= 0.6 is 39.1 Å². The zero-order valence-electron chi connectivity index (χ0n) is 10.8. The molecule has 1 atom stereocenters. The van der Waals surface area contributed by atoms with Gasteiger partial charge in [0, 0.05) is 27.6 Å². The molecule has 0 heterocycles. The van der Waals surface area contributed by atoms with Crippen molar-refractivity contribution in [1.29, 1.82) is 0 Å². The number of phenols is 1. The van der Waals surface area contributed by atoms with Gasteiger partial charge in [-0.15, -0.1) is 0 Å². The molecule has 0 unspecified atom stereocenters. The predicted molar refractivity (Wildman–Crippen MR) is 87.5 cm³/mol. The number of phenolic OH excluding ortho intramolecular Hbond substituents is 1. The molecule has 0 fully saturated rings. The van der Waals surface area contributed by atoms with E-state index in [1.807, 2.05) is 18.2 Å². The maximum absolute atomic E-state index is 9.91. The highest BCUT2D eigenvalue weighted by Crippen LogP contribution is 2.31. The summed E-state index contributed by atoms with van der Waals surface area (Å²) in [5.41, 5.74) is 1.84. The second-order valence-corrected chi connectivity index (χ2v) is 6.31. The quantitative estimate of drug-likeness (QED) is 0.759. The number of nitrogens with one attached hydrogen (secondary N) is 1. The Kier molecular flexibility index (Phi) is 5.33. The highest BCUT2D eigenvalue weighted by atomic mass is 79.9. The summed E-state index contributed by atoms with van der Waals surface area (Å²) < 4.78 is 1.04. The van der Waals surface area contributed by atoms with E-state index in [0.717, 1.165) is 10.0 Å². The maximum Gasteiger partial charge on any atom is 0.138 e. The fourth-order valence-electron chi connectivity index (χ4n) is 1.91. The Bertz CT molecular complexity index is 619. The molecule has 2 aromatic rings. The van der Waals surface area contributed by atoms with Crippen LogP contribution in [0.25, 0.3) is 0 Å². The van der Waals surface area contributed by atoms with Gasteiger partial charge in [0.2, 0.25) is 0 Å². The van der Waals surface area contributed by atoms with Crippen molar-refractivity contribution in [3.63, 3.8) is 0 Å². The third kappa shape index (κ3) is 3.89. The fourth-order valence-corrected chi connectivity index (χ4v) is 2.86. The number of rotatable bonds is 4. The van der Waals surface area contributed by atoms with E-state index in [0.29, 0.717) is 17.1 Å². The van der Waals surface area contributed by atoms with Gasteiger partial charge in [-0.2, -0.15) is 0 Å². The van der Waals surface area contributed by atoms with Crippen LogP contribution in [0.3, 0.4) is 0 Å². The second-order valence-electron chi connectivity index (χ2n) is 4.55. The van der Waals surface area contributed by atoms with E-state index in [1.165, 1.54) is 6.07 Å². The Hall–Kier alpha value is -0.740. The third-order valence-corrected chi connectivity index (χ3v) is 4.05. The summed E-state index contributed by atoms with van der Waals surface area (Å²) in [5.74, 6) is 0.0741. The van der Waals surface area contributed by atoms with Gasteiger partial charge in [0.15, 0.2) is 0 Å². The molecule has 2 nitrogen and oxygen atoms in total. The first-order valence-corrected chi connectivity index (χ1v) is 7.68. The van der Waals surface area contributed by atoms with Crippen LogP contribution in [0.15, 0.2) is 40.9 Å². The van der Waals surface area contributed by atoms with Gasteiger partial charge >= 0.3 is 0 Å². The monoisotopic (exact) mass is 373 g/mol. The van der Waals surface area contributed by atoms with Gasteiger partial charge in [-0.3, -0.25) is 0 Å². The molecule has 0 aliphatic heterocycles. The summed E-state index contributed by atoms with van der Waals surface area (Å²) in [6.07, 6.45) is 0. The van der Waals surface area contributed by atoms with Crippen molar-refractivity contribution in [1.82, 2.24) is 5.32 Å². The minimum absolute atomic E-state index is 0.0741. The molecule has 0 aliphatic rings. The van der Waals surface area contributed by atoms with Crippen LogP contribution in [0.2, 0.25) is 10.0 Å². The summed E-state index contributed by atoms with van der Waals surface area (Å²) in [6, 6.07) is 11.5. The minimum Gasteiger partial charge on any atom is -0.506 e. The van der Waals surface area contributed by atoms with Crippen molar-refractivity contribution in [2.75, 3.05) is 0 Å². The van der Waals surface area contributed by atoms with Gasteiger partial charge < -0.3 is 10.4 Å². The normalized spacial score (nSPS) is 12.4. The van der Waals surface area contributed by atoms with Crippen LogP contribution in [-0.2, 0) is 6.54 Å². The molecule has 5 heteroatoms. The van der Waals surface area contributed by atoms with Gasteiger partial charge in [-0.1, -0.05) is 51.3 Å². The summed E-state index contributed by atoms with van der Waals surface area (Å²) in [5, 5.41) is 14.0. The van der Waals surface area contributed by atoms with Crippen molar-refractivity contribution < 1.29 is 5.11 Å². The molecule has 2 N–H and O–H groups in total. The molecular formula is C15H14BrCl2NO. The topological polar surface area (TPSA) is 32.3 Å². The molecule has 2 aromatic carbocycles. The summed E-state index contributed by atoms with van der Waals surface area (Å²) in [6.45, 7) is 2.55. The van der Waals surface area contributed by atoms with Crippen LogP contribution in [0.1, 0.15) is 24.1 Å². The van der Waals surface area contributed by atoms with E-state index < -0.39 is 0 Å². The maximum atomic E-state index is 9.91. The van der Waals surface area contributed by atoms with Crippen molar-refractivity contribution in [3.05, 3.63) is 62.0 Å². The van der Waals surface area contributed by atoms with Crippen LogP contribution in [-0.4, -0.2) is 5.11 Å². The second kappa shape index (κ2) is 6.81. The summed E-state index contributed by atoms with van der Waals surface area (Å²) in [4.78, 5) is 0. The van der Waals surface area contributed by atoms with E-state index >= 15 is 0 Å². The molecular weight excluding hydrogens is 361 g/mol. The van der Waals surface area contributed by atoms with Crippen LogP contribution in [0.5, 0.6) is 5.75 Å². The van der Waals surface area contributed by atoms with E-state index in [4.69, 9.17) is 23.2 Å². The van der Waals surface area contributed by atoms with E-state index in [9.17, 15) is 5.11 Å². The fraction of sp³-hybridized carbons (Fsp3) is 0.200. The molecule has 20 heavy (non-hydrogen) atoms. The lowest BCUT2D eigenvalue weighted by Gasteiger charge is -2.16. The lowest BCUT2D eigenvalue weighted by Crippen LogP contribution is -2.18.